The lowest BCUT2D eigenvalue weighted by Gasteiger charge is -2.15. The maximum Gasteiger partial charge on any atom is 0.319 e. The molecule has 3 rings (SSSR count). The van der Waals surface area contributed by atoms with Crippen LogP contribution in [-0.4, -0.2) is 25.0 Å². The van der Waals surface area contributed by atoms with E-state index in [2.05, 4.69) is 27.7 Å². The second-order valence-electron chi connectivity index (χ2n) is 6.34. The molecule has 0 saturated carbocycles. The Balaban J connectivity index is 1.67. The Kier molecular flexibility index (Phi) is 5.31. The molecule has 0 spiro atoms. The summed E-state index contributed by atoms with van der Waals surface area (Å²) < 4.78 is 0. The number of hydrogen-bond acceptors (Lipinski definition) is 2. The number of hydrogen-bond donors (Lipinski definition) is 2. The number of amides is 2. The van der Waals surface area contributed by atoms with Crippen molar-refractivity contribution in [3.8, 4) is 0 Å². The first-order valence-corrected chi connectivity index (χ1v) is 8.37. The quantitative estimate of drug-likeness (QED) is 0.734. The van der Waals surface area contributed by atoms with Crippen molar-refractivity contribution in [1.82, 2.24) is 10.2 Å². The molecule has 0 heterocycles. The van der Waals surface area contributed by atoms with Crippen LogP contribution in [0.25, 0.3) is 10.8 Å². The van der Waals surface area contributed by atoms with Crippen LogP contribution in [0.3, 0.4) is 0 Å². The average Bonchev–Trinajstić information content (AvgIpc) is 2.61. The van der Waals surface area contributed by atoms with Crippen molar-refractivity contribution in [3.63, 3.8) is 0 Å². The van der Waals surface area contributed by atoms with Gasteiger partial charge in [0.2, 0.25) is 0 Å². The fourth-order valence-electron chi connectivity index (χ4n) is 2.90. The molecule has 0 aliphatic carbocycles. The van der Waals surface area contributed by atoms with E-state index in [0.717, 1.165) is 28.6 Å². The van der Waals surface area contributed by atoms with Crippen LogP contribution in [0.4, 0.5) is 10.5 Å². The number of anilines is 1. The van der Waals surface area contributed by atoms with E-state index in [1.54, 1.807) is 0 Å². The van der Waals surface area contributed by atoms with Crippen LogP contribution in [0.2, 0.25) is 0 Å². The van der Waals surface area contributed by atoms with Crippen LogP contribution < -0.4 is 10.6 Å². The summed E-state index contributed by atoms with van der Waals surface area (Å²) in [5.74, 6) is 0. The van der Waals surface area contributed by atoms with Crippen molar-refractivity contribution in [2.24, 2.45) is 0 Å². The Morgan fingerprint density at radius 1 is 0.880 bits per heavy atom. The number of urea groups is 1. The summed E-state index contributed by atoms with van der Waals surface area (Å²) in [7, 11) is 4.08. The Hall–Kier alpha value is -2.85. The molecule has 0 radical (unpaired) electrons. The van der Waals surface area contributed by atoms with Gasteiger partial charge in [-0.05, 0) is 36.7 Å². The fraction of sp³-hybridized carbons (Fsp3) is 0.190. The van der Waals surface area contributed by atoms with Gasteiger partial charge in [0, 0.05) is 18.5 Å². The zero-order valence-electron chi connectivity index (χ0n) is 14.6. The summed E-state index contributed by atoms with van der Waals surface area (Å²) in [6, 6.07) is 21.9. The van der Waals surface area contributed by atoms with Crippen LogP contribution in [-0.2, 0) is 13.1 Å². The first-order chi connectivity index (χ1) is 12.1. The molecule has 2 N–H and O–H groups in total. The maximum atomic E-state index is 12.3. The molecule has 4 heteroatoms. The highest BCUT2D eigenvalue weighted by Gasteiger charge is 2.07. The van der Waals surface area contributed by atoms with E-state index in [-0.39, 0.29) is 6.03 Å². The Morgan fingerprint density at radius 2 is 1.56 bits per heavy atom. The molecule has 0 atom stereocenters. The summed E-state index contributed by atoms with van der Waals surface area (Å²) in [6.45, 7) is 1.35. The lowest BCUT2D eigenvalue weighted by atomic mass is 10.1. The van der Waals surface area contributed by atoms with Gasteiger partial charge in [-0.25, -0.2) is 4.79 Å². The standard InChI is InChI=1S/C21H23N3O/c1-24(2)15-18-10-4-3-9-17(18)14-22-21(25)23-20-13-7-11-16-8-5-6-12-19(16)20/h3-13H,14-15H2,1-2H3,(H2,22,23,25). The molecule has 0 saturated heterocycles. The van der Waals surface area contributed by atoms with Crippen molar-refractivity contribution in [3.05, 3.63) is 77.9 Å². The largest absolute Gasteiger partial charge is 0.334 e. The lowest BCUT2D eigenvalue weighted by Crippen LogP contribution is -2.29. The smallest absolute Gasteiger partial charge is 0.319 e. The van der Waals surface area contributed by atoms with Gasteiger partial charge in [-0.1, -0.05) is 60.7 Å². The molecule has 0 aliphatic rings. The van der Waals surface area contributed by atoms with Gasteiger partial charge in [0.05, 0.1) is 5.69 Å². The highest BCUT2D eigenvalue weighted by Crippen LogP contribution is 2.22. The van der Waals surface area contributed by atoms with Crippen molar-refractivity contribution in [1.29, 1.82) is 0 Å². The number of nitrogens with zero attached hydrogens (tertiary/aromatic N) is 1. The molecule has 0 bridgehead atoms. The van der Waals surface area contributed by atoms with Crippen molar-refractivity contribution in [2.75, 3.05) is 19.4 Å². The Labute approximate surface area is 148 Å². The minimum atomic E-state index is -0.198. The highest BCUT2D eigenvalue weighted by atomic mass is 16.2. The normalized spacial score (nSPS) is 10.8. The molecule has 0 aromatic heterocycles. The van der Waals surface area contributed by atoms with E-state index >= 15 is 0 Å². The zero-order valence-corrected chi connectivity index (χ0v) is 14.6. The fourth-order valence-corrected chi connectivity index (χ4v) is 2.90. The van der Waals surface area contributed by atoms with Crippen LogP contribution in [0.5, 0.6) is 0 Å². The molecule has 3 aromatic carbocycles. The molecule has 0 aliphatic heterocycles. The van der Waals surface area contributed by atoms with Gasteiger partial charge >= 0.3 is 6.03 Å². The van der Waals surface area contributed by atoms with E-state index in [0.29, 0.717) is 6.54 Å². The van der Waals surface area contributed by atoms with Gasteiger partial charge in [-0.15, -0.1) is 0 Å². The van der Waals surface area contributed by atoms with Crippen LogP contribution in [0.15, 0.2) is 66.7 Å². The van der Waals surface area contributed by atoms with Gasteiger partial charge < -0.3 is 15.5 Å². The summed E-state index contributed by atoms with van der Waals surface area (Å²) >= 11 is 0. The summed E-state index contributed by atoms with van der Waals surface area (Å²) in [5, 5.41) is 8.06. The second-order valence-corrected chi connectivity index (χ2v) is 6.34. The third-order valence-corrected chi connectivity index (χ3v) is 4.08. The first kappa shape index (κ1) is 17.0. The predicted molar refractivity (Wildman–Crippen MR) is 104 cm³/mol. The van der Waals surface area contributed by atoms with E-state index < -0.39 is 0 Å². The van der Waals surface area contributed by atoms with Gasteiger partial charge in [-0.3, -0.25) is 0 Å². The van der Waals surface area contributed by atoms with Crippen LogP contribution in [0, 0.1) is 0 Å². The summed E-state index contributed by atoms with van der Waals surface area (Å²) in [4.78, 5) is 14.5. The average molecular weight is 333 g/mol. The van der Waals surface area contributed by atoms with Crippen molar-refractivity contribution in [2.45, 2.75) is 13.1 Å². The highest BCUT2D eigenvalue weighted by molar-refractivity contribution is 6.01. The molecule has 4 nitrogen and oxygen atoms in total. The maximum absolute atomic E-state index is 12.3. The number of nitrogens with one attached hydrogen (secondary N) is 2. The van der Waals surface area contributed by atoms with Gasteiger partial charge in [0.25, 0.3) is 0 Å². The Bertz CT molecular complexity index is 868. The minimum absolute atomic E-state index is 0.198. The first-order valence-electron chi connectivity index (χ1n) is 8.37. The van der Waals surface area contributed by atoms with Gasteiger partial charge in [-0.2, -0.15) is 0 Å². The third kappa shape index (κ3) is 4.37. The van der Waals surface area contributed by atoms with E-state index in [1.807, 2.05) is 68.7 Å². The number of fused-ring (bicyclic) bond motifs is 1. The SMILES string of the molecule is CN(C)Cc1ccccc1CNC(=O)Nc1cccc2ccccc12. The number of benzene rings is 3. The summed E-state index contributed by atoms with van der Waals surface area (Å²) in [6.07, 6.45) is 0. The molecular formula is C21H23N3O. The molecule has 3 aromatic rings. The molecule has 0 fully saturated rings. The lowest BCUT2D eigenvalue weighted by molar-refractivity contribution is 0.251. The van der Waals surface area contributed by atoms with Crippen molar-refractivity contribution < 1.29 is 4.79 Å². The molecule has 2 amide bonds. The van der Waals surface area contributed by atoms with Crippen LogP contribution in [0.1, 0.15) is 11.1 Å². The van der Waals surface area contributed by atoms with E-state index in [4.69, 9.17) is 0 Å². The monoisotopic (exact) mass is 333 g/mol. The van der Waals surface area contributed by atoms with E-state index in [9.17, 15) is 4.79 Å². The molecule has 0 unspecified atom stereocenters. The number of carbonyl (C=O) groups is 1. The molecule has 25 heavy (non-hydrogen) atoms. The van der Waals surface area contributed by atoms with Gasteiger partial charge in [0.15, 0.2) is 0 Å². The topological polar surface area (TPSA) is 44.4 Å². The Morgan fingerprint density at radius 3 is 2.36 bits per heavy atom. The van der Waals surface area contributed by atoms with Crippen LogP contribution >= 0.6 is 0 Å². The van der Waals surface area contributed by atoms with Gasteiger partial charge in [0.1, 0.15) is 0 Å². The van der Waals surface area contributed by atoms with E-state index in [1.165, 1.54) is 5.56 Å². The number of rotatable bonds is 5. The summed E-state index contributed by atoms with van der Waals surface area (Å²) in [5.41, 5.74) is 3.17. The second kappa shape index (κ2) is 7.81. The third-order valence-electron chi connectivity index (χ3n) is 4.08. The zero-order chi connectivity index (χ0) is 17.6. The predicted octanol–water partition coefficient (Wildman–Crippen LogP) is 4.22. The minimum Gasteiger partial charge on any atom is -0.334 e. The number of carbonyl (C=O) groups excluding carboxylic acids is 1. The molecular weight excluding hydrogens is 310 g/mol. The molecule has 128 valence electrons. The van der Waals surface area contributed by atoms with Crippen molar-refractivity contribution >= 4 is 22.5 Å².